The average molecular weight is 250 g/mol. The van der Waals surface area contributed by atoms with Crippen LogP contribution in [0.15, 0.2) is 24.5 Å². The summed E-state index contributed by atoms with van der Waals surface area (Å²) in [6, 6.07) is 3.78. The largest absolute Gasteiger partial charge is 0.382 e. The Kier molecular flexibility index (Phi) is 4.92. The summed E-state index contributed by atoms with van der Waals surface area (Å²) < 4.78 is 12.0. The van der Waals surface area contributed by atoms with E-state index in [1.54, 1.807) is 17.8 Å². The van der Waals surface area contributed by atoms with E-state index in [0.717, 1.165) is 31.0 Å². The fraction of sp³-hybridized carbons (Fsp3) is 0.500. The van der Waals surface area contributed by atoms with Gasteiger partial charge in [-0.05, 0) is 12.5 Å². The minimum atomic E-state index is 0.646. The van der Waals surface area contributed by atoms with Crippen molar-refractivity contribution in [2.45, 2.75) is 6.42 Å². The zero-order chi connectivity index (χ0) is 12.6. The van der Waals surface area contributed by atoms with Crippen LogP contribution < -0.4 is 5.32 Å². The van der Waals surface area contributed by atoms with Crippen LogP contribution in [0.1, 0.15) is 6.42 Å². The third-order valence-corrected chi connectivity index (χ3v) is 2.46. The van der Waals surface area contributed by atoms with Crippen LogP contribution in [-0.4, -0.2) is 48.1 Å². The molecule has 6 nitrogen and oxygen atoms in total. The number of rotatable bonds is 8. The van der Waals surface area contributed by atoms with E-state index in [1.807, 2.05) is 18.3 Å². The highest BCUT2D eigenvalue weighted by Gasteiger charge is 1.97. The van der Waals surface area contributed by atoms with E-state index in [1.165, 1.54) is 0 Å². The first kappa shape index (κ1) is 12.8. The van der Waals surface area contributed by atoms with Crippen LogP contribution in [0.2, 0.25) is 0 Å². The van der Waals surface area contributed by atoms with Crippen LogP contribution in [0.5, 0.6) is 0 Å². The van der Waals surface area contributed by atoms with Crippen molar-refractivity contribution in [3.05, 3.63) is 24.5 Å². The van der Waals surface area contributed by atoms with Gasteiger partial charge in [0.1, 0.15) is 5.82 Å². The molecule has 0 spiro atoms. The summed E-state index contributed by atoms with van der Waals surface area (Å²) in [5.74, 6) is 0.861. The maximum absolute atomic E-state index is 5.37. The molecule has 6 heteroatoms. The number of fused-ring (bicyclic) bond motifs is 1. The Morgan fingerprint density at radius 3 is 3.11 bits per heavy atom. The molecule has 0 amide bonds. The molecular formula is C12H18N4O2. The molecule has 0 radical (unpaired) electrons. The van der Waals surface area contributed by atoms with Crippen molar-refractivity contribution in [2.75, 3.05) is 38.8 Å². The van der Waals surface area contributed by atoms with Gasteiger partial charge in [0.15, 0.2) is 5.65 Å². The molecule has 98 valence electrons. The molecule has 0 saturated heterocycles. The number of nitrogens with zero attached hydrogens (tertiary/aromatic N) is 3. The number of anilines is 1. The third kappa shape index (κ3) is 3.68. The molecule has 0 atom stereocenters. The molecule has 0 unspecified atom stereocenters. The van der Waals surface area contributed by atoms with Crippen molar-refractivity contribution in [1.29, 1.82) is 0 Å². The second kappa shape index (κ2) is 6.93. The Morgan fingerprint density at radius 1 is 1.28 bits per heavy atom. The van der Waals surface area contributed by atoms with Crippen molar-refractivity contribution < 1.29 is 9.47 Å². The quantitative estimate of drug-likeness (QED) is 0.713. The molecule has 2 rings (SSSR count). The lowest BCUT2D eigenvalue weighted by Crippen LogP contribution is -2.09. The number of ether oxygens (including phenoxy) is 2. The predicted octanol–water partition coefficient (Wildman–Crippen LogP) is 1.19. The number of hydrogen-bond acceptors (Lipinski definition) is 5. The van der Waals surface area contributed by atoms with Gasteiger partial charge in [0.05, 0.1) is 19.4 Å². The van der Waals surface area contributed by atoms with E-state index in [2.05, 4.69) is 15.4 Å². The van der Waals surface area contributed by atoms with Gasteiger partial charge in [-0.1, -0.05) is 0 Å². The molecule has 0 fully saturated rings. The highest BCUT2D eigenvalue weighted by Crippen LogP contribution is 2.05. The summed E-state index contributed by atoms with van der Waals surface area (Å²) in [7, 11) is 1.67. The van der Waals surface area contributed by atoms with Crippen molar-refractivity contribution in [3.8, 4) is 0 Å². The minimum absolute atomic E-state index is 0.646. The second-order valence-corrected chi connectivity index (χ2v) is 3.83. The van der Waals surface area contributed by atoms with Gasteiger partial charge in [0, 0.05) is 32.5 Å². The molecule has 0 aliphatic heterocycles. The zero-order valence-corrected chi connectivity index (χ0v) is 10.5. The Morgan fingerprint density at radius 2 is 2.22 bits per heavy atom. The predicted molar refractivity (Wildman–Crippen MR) is 68.8 cm³/mol. The van der Waals surface area contributed by atoms with Crippen LogP contribution in [0.25, 0.3) is 5.65 Å². The Balaban J connectivity index is 1.67. The van der Waals surface area contributed by atoms with E-state index in [9.17, 15) is 0 Å². The standard InChI is InChI=1S/C12H18N4O2/c1-17-9-10-18-8-2-5-13-11-4-7-16-12(15-11)3-6-14-16/h3-4,6-7H,2,5,8-10H2,1H3,(H,13,15). The highest BCUT2D eigenvalue weighted by molar-refractivity contribution is 5.45. The summed E-state index contributed by atoms with van der Waals surface area (Å²) in [5, 5.41) is 7.35. The monoisotopic (exact) mass is 250 g/mol. The van der Waals surface area contributed by atoms with Crippen molar-refractivity contribution in [3.63, 3.8) is 0 Å². The van der Waals surface area contributed by atoms with Crippen LogP contribution in [0.4, 0.5) is 5.82 Å². The Hall–Kier alpha value is -1.66. The lowest BCUT2D eigenvalue weighted by molar-refractivity contribution is 0.0705. The second-order valence-electron chi connectivity index (χ2n) is 3.83. The summed E-state index contributed by atoms with van der Waals surface area (Å²) in [6.07, 6.45) is 4.56. The molecule has 1 N–H and O–H groups in total. The number of methoxy groups -OCH3 is 1. The van der Waals surface area contributed by atoms with Crippen LogP contribution in [-0.2, 0) is 9.47 Å². The van der Waals surface area contributed by atoms with Gasteiger partial charge in [0.2, 0.25) is 0 Å². The third-order valence-electron chi connectivity index (χ3n) is 2.46. The summed E-state index contributed by atoms with van der Waals surface area (Å²) in [5.41, 5.74) is 0.844. The number of aromatic nitrogens is 3. The van der Waals surface area contributed by atoms with E-state index in [4.69, 9.17) is 9.47 Å². The number of nitrogens with one attached hydrogen (secondary N) is 1. The van der Waals surface area contributed by atoms with Crippen molar-refractivity contribution in [2.24, 2.45) is 0 Å². The van der Waals surface area contributed by atoms with E-state index < -0.39 is 0 Å². The SMILES string of the molecule is COCCOCCCNc1ccn2nccc2n1. The lowest BCUT2D eigenvalue weighted by atomic mass is 10.4. The Bertz CT molecular complexity index is 472. The smallest absolute Gasteiger partial charge is 0.157 e. The fourth-order valence-electron chi connectivity index (χ4n) is 1.55. The molecular weight excluding hydrogens is 232 g/mol. The molecule has 0 saturated carbocycles. The van der Waals surface area contributed by atoms with E-state index >= 15 is 0 Å². The molecule has 0 aliphatic rings. The van der Waals surface area contributed by atoms with Crippen LogP contribution in [0, 0.1) is 0 Å². The molecule has 2 aromatic heterocycles. The zero-order valence-electron chi connectivity index (χ0n) is 10.5. The van der Waals surface area contributed by atoms with Gasteiger partial charge in [-0.25, -0.2) is 9.50 Å². The topological polar surface area (TPSA) is 60.7 Å². The maximum atomic E-state index is 5.37. The molecule has 2 aromatic rings. The maximum Gasteiger partial charge on any atom is 0.157 e. The van der Waals surface area contributed by atoms with E-state index in [0.29, 0.717) is 13.2 Å². The summed E-state index contributed by atoms with van der Waals surface area (Å²) in [4.78, 5) is 4.41. The minimum Gasteiger partial charge on any atom is -0.382 e. The normalized spacial score (nSPS) is 10.9. The highest BCUT2D eigenvalue weighted by atomic mass is 16.5. The van der Waals surface area contributed by atoms with Crippen LogP contribution >= 0.6 is 0 Å². The van der Waals surface area contributed by atoms with Crippen LogP contribution in [0.3, 0.4) is 0 Å². The first-order valence-corrected chi connectivity index (χ1v) is 6.01. The van der Waals surface area contributed by atoms with Gasteiger partial charge in [-0.2, -0.15) is 5.10 Å². The molecule has 2 heterocycles. The fourth-order valence-corrected chi connectivity index (χ4v) is 1.55. The van der Waals surface area contributed by atoms with Gasteiger partial charge in [-0.3, -0.25) is 0 Å². The molecule has 0 bridgehead atoms. The molecule has 18 heavy (non-hydrogen) atoms. The molecule has 0 aliphatic carbocycles. The summed E-state index contributed by atoms with van der Waals surface area (Å²) >= 11 is 0. The van der Waals surface area contributed by atoms with Gasteiger partial charge in [-0.15, -0.1) is 0 Å². The van der Waals surface area contributed by atoms with Gasteiger partial charge < -0.3 is 14.8 Å². The first-order chi connectivity index (χ1) is 8.90. The lowest BCUT2D eigenvalue weighted by Gasteiger charge is -2.06. The van der Waals surface area contributed by atoms with Gasteiger partial charge >= 0.3 is 0 Å². The van der Waals surface area contributed by atoms with Gasteiger partial charge in [0.25, 0.3) is 0 Å². The summed E-state index contributed by atoms with van der Waals surface area (Å²) in [6.45, 7) is 2.86. The Labute approximate surface area is 106 Å². The van der Waals surface area contributed by atoms with Crippen molar-refractivity contribution >= 4 is 11.5 Å². The average Bonchev–Trinajstić information content (AvgIpc) is 2.85. The van der Waals surface area contributed by atoms with Crippen molar-refractivity contribution in [1.82, 2.24) is 14.6 Å². The molecule has 0 aromatic carbocycles. The number of hydrogen-bond donors (Lipinski definition) is 1. The first-order valence-electron chi connectivity index (χ1n) is 6.01. The van der Waals surface area contributed by atoms with E-state index in [-0.39, 0.29) is 0 Å².